The minimum atomic E-state index is -3.67. The summed E-state index contributed by atoms with van der Waals surface area (Å²) in [6.07, 6.45) is 5.52. The third-order valence-electron chi connectivity index (χ3n) is 3.28. The molecule has 0 amide bonds. The van der Waals surface area contributed by atoms with Gasteiger partial charge in [0.2, 0.25) is 0 Å². The molecule has 0 atom stereocenters. The summed E-state index contributed by atoms with van der Waals surface area (Å²) in [6.45, 7) is 0. The van der Waals surface area contributed by atoms with Crippen molar-refractivity contribution >= 4 is 22.3 Å². The first kappa shape index (κ1) is 18.5. The SMILES string of the molecule is COC(=O)/C=C/c1cn(S(=O)(=O)N(C)C)cc1C#Cc1ccccc1. The van der Waals surface area contributed by atoms with Crippen molar-refractivity contribution in [3.63, 3.8) is 0 Å². The maximum absolute atomic E-state index is 12.3. The number of hydrogen-bond acceptors (Lipinski definition) is 4. The van der Waals surface area contributed by atoms with Gasteiger partial charge in [0.1, 0.15) is 0 Å². The summed E-state index contributed by atoms with van der Waals surface area (Å²) in [5.74, 6) is 5.38. The Kier molecular flexibility index (Phi) is 5.80. The van der Waals surface area contributed by atoms with E-state index in [9.17, 15) is 13.2 Å². The molecule has 25 heavy (non-hydrogen) atoms. The Morgan fingerprint density at radius 2 is 1.84 bits per heavy atom. The van der Waals surface area contributed by atoms with Crippen molar-refractivity contribution in [3.05, 3.63) is 65.5 Å². The number of methoxy groups -OCH3 is 1. The van der Waals surface area contributed by atoms with E-state index in [-0.39, 0.29) is 0 Å². The van der Waals surface area contributed by atoms with E-state index in [0.29, 0.717) is 11.1 Å². The molecule has 0 aliphatic carbocycles. The first-order chi connectivity index (χ1) is 11.8. The standard InChI is InChI=1S/C18H18N2O4S/c1-19(2)25(22,23)20-13-16(10-9-15-7-5-4-6-8-15)17(14-20)11-12-18(21)24-3/h4-8,11-14H,1-3H3/b12-11+. The normalized spacial score (nSPS) is 11.4. The first-order valence-electron chi connectivity index (χ1n) is 7.32. The number of hydrogen-bond donors (Lipinski definition) is 0. The van der Waals surface area contributed by atoms with Gasteiger partial charge in [0.05, 0.1) is 12.7 Å². The van der Waals surface area contributed by atoms with Crippen molar-refractivity contribution in [3.8, 4) is 11.8 Å². The number of benzene rings is 1. The van der Waals surface area contributed by atoms with Crippen molar-refractivity contribution in [1.82, 2.24) is 8.28 Å². The number of rotatable bonds is 4. The fourth-order valence-corrected chi connectivity index (χ4v) is 2.75. The summed E-state index contributed by atoms with van der Waals surface area (Å²) < 4.78 is 31.3. The van der Waals surface area contributed by atoms with Gasteiger partial charge in [0, 0.05) is 43.7 Å². The summed E-state index contributed by atoms with van der Waals surface area (Å²) in [5.41, 5.74) is 1.78. The number of ether oxygens (including phenoxy) is 1. The van der Waals surface area contributed by atoms with Gasteiger partial charge in [-0.15, -0.1) is 0 Å². The molecule has 2 aromatic rings. The van der Waals surface area contributed by atoms with E-state index in [4.69, 9.17) is 0 Å². The van der Waals surface area contributed by atoms with Gasteiger partial charge in [0.25, 0.3) is 0 Å². The Hall–Kier alpha value is -2.82. The summed E-state index contributed by atoms with van der Waals surface area (Å²) in [5, 5.41) is 0. The summed E-state index contributed by atoms with van der Waals surface area (Å²) >= 11 is 0. The van der Waals surface area contributed by atoms with Gasteiger partial charge >= 0.3 is 16.2 Å². The molecule has 6 nitrogen and oxygen atoms in total. The van der Waals surface area contributed by atoms with Crippen LogP contribution in [-0.2, 0) is 19.7 Å². The van der Waals surface area contributed by atoms with E-state index < -0.39 is 16.2 Å². The van der Waals surface area contributed by atoms with Gasteiger partial charge in [-0.3, -0.25) is 0 Å². The topological polar surface area (TPSA) is 68.6 Å². The molecule has 0 N–H and O–H groups in total. The molecule has 0 saturated carbocycles. The van der Waals surface area contributed by atoms with E-state index in [2.05, 4.69) is 16.6 Å². The van der Waals surface area contributed by atoms with Crippen LogP contribution in [0.15, 0.2) is 48.8 Å². The van der Waals surface area contributed by atoms with Gasteiger partial charge in [-0.05, 0) is 18.2 Å². The monoisotopic (exact) mass is 358 g/mol. The average Bonchev–Trinajstić information content (AvgIpc) is 3.02. The van der Waals surface area contributed by atoms with Gasteiger partial charge < -0.3 is 4.74 Å². The van der Waals surface area contributed by atoms with Crippen LogP contribution in [0.4, 0.5) is 0 Å². The minimum Gasteiger partial charge on any atom is -0.466 e. The molecule has 1 heterocycles. The number of carbonyl (C=O) groups excluding carboxylic acids is 1. The lowest BCUT2D eigenvalue weighted by Gasteiger charge is -2.11. The van der Waals surface area contributed by atoms with Crippen LogP contribution in [0.25, 0.3) is 6.08 Å². The van der Waals surface area contributed by atoms with Crippen LogP contribution in [0, 0.1) is 11.8 Å². The highest BCUT2D eigenvalue weighted by atomic mass is 32.2. The minimum absolute atomic E-state index is 0.481. The molecule has 0 aliphatic heterocycles. The predicted molar refractivity (Wildman–Crippen MR) is 95.9 cm³/mol. The average molecular weight is 358 g/mol. The van der Waals surface area contributed by atoms with Crippen LogP contribution in [0.5, 0.6) is 0 Å². The molecular weight excluding hydrogens is 340 g/mol. The van der Waals surface area contributed by atoms with Crippen LogP contribution < -0.4 is 0 Å². The fraction of sp³-hybridized carbons (Fsp3) is 0.167. The fourth-order valence-electron chi connectivity index (χ4n) is 1.89. The highest BCUT2D eigenvalue weighted by molar-refractivity contribution is 7.87. The summed E-state index contributed by atoms with van der Waals surface area (Å²) in [4.78, 5) is 11.3. The number of esters is 1. The highest BCUT2D eigenvalue weighted by Crippen LogP contribution is 2.15. The molecule has 0 bridgehead atoms. The predicted octanol–water partition coefficient (Wildman–Crippen LogP) is 1.73. The van der Waals surface area contributed by atoms with E-state index in [1.165, 1.54) is 45.8 Å². The third-order valence-corrected chi connectivity index (χ3v) is 4.94. The smallest absolute Gasteiger partial charge is 0.330 e. The van der Waals surface area contributed by atoms with Crippen molar-refractivity contribution in [2.24, 2.45) is 0 Å². The number of nitrogens with zero attached hydrogens (tertiary/aromatic N) is 2. The molecule has 0 saturated heterocycles. The van der Waals surface area contributed by atoms with Crippen molar-refractivity contribution in [1.29, 1.82) is 0 Å². The maximum Gasteiger partial charge on any atom is 0.330 e. The molecule has 2 rings (SSSR count). The van der Waals surface area contributed by atoms with E-state index >= 15 is 0 Å². The largest absolute Gasteiger partial charge is 0.466 e. The molecule has 130 valence electrons. The Bertz CT molecular complexity index is 946. The van der Waals surface area contributed by atoms with Crippen LogP contribution >= 0.6 is 0 Å². The van der Waals surface area contributed by atoms with Crippen LogP contribution in [-0.4, -0.2) is 43.9 Å². The third kappa shape index (κ3) is 4.59. The van der Waals surface area contributed by atoms with Crippen LogP contribution in [0.2, 0.25) is 0 Å². The second-order valence-corrected chi connectivity index (χ2v) is 7.27. The zero-order valence-corrected chi connectivity index (χ0v) is 14.9. The first-order valence-corrected chi connectivity index (χ1v) is 8.72. The van der Waals surface area contributed by atoms with Gasteiger partial charge in [0.15, 0.2) is 0 Å². The highest BCUT2D eigenvalue weighted by Gasteiger charge is 2.17. The Labute approximate surface area is 147 Å². The lowest BCUT2D eigenvalue weighted by Crippen LogP contribution is -2.27. The molecular formula is C18H18N2O4S. The van der Waals surface area contributed by atoms with Gasteiger partial charge in [-0.2, -0.15) is 12.7 Å². The van der Waals surface area contributed by atoms with Crippen molar-refractivity contribution < 1.29 is 17.9 Å². The molecule has 1 aromatic carbocycles. The second kappa shape index (κ2) is 7.83. The van der Waals surface area contributed by atoms with Crippen molar-refractivity contribution in [2.45, 2.75) is 0 Å². The van der Waals surface area contributed by atoms with Crippen LogP contribution in [0.3, 0.4) is 0 Å². The summed E-state index contributed by atoms with van der Waals surface area (Å²) in [6, 6.07) is 9.32. The molecule has 0 unspecified atom stereocenters. The zero-order chi connectivity index (χ0) is 18.4. The van der Waals surface area contributed by atoms with E-state index in [0.717, 1.165) is 13.8 Å². The Morgan fingerprint density at radius 1 is 1.16 bits per heavy atom. The van der Waals surface area contributed by atoms with Gasteiger partial charge in [-0.25, -0.2) is 8.77 Å². The number of carbonyl (C=O) groups is 1. The van der Waals surface area contributed by atoms with Crippen LogP contribution in [0.1, 0.15) is 16.7 Å². The molecule has 0 aliphatic rings. The molecule has 7 heteroatoms. The molecule has 0 fully saturated rings. The number of aromatic nitrogens is 1. The molecule has 0 spiro atoms. The lowest BCUT2D eigenvalue weighted by molar-refractivity contribution is -0.134. The Balaban J connectivity index is 2.49. The van der Waals surface area contributed by atoms with E-state index in [1.54, 1.807) is 0 Å². The van der Waals surface area contributed by atoms with E-state index in [1.807, 2.05) is 30.3 Å². The lowest BCUT2D eigenvalue weighted by atomic mass is 10.1. The Morgan fingerprint density at radius 3 is 2.44 bits per heavy atom. The molecule has 0 radical (unpaired) electrons. The zero-order valence-electron chi connectivity index (χ0n) is 14.1. The summed E-state index contributed by atoms with van der Waals surface area (Å²) in [7, 11) is 0.473. The molecule has 1 aromatic heterocycles. The maximum atomic E-state index is 12.3. The van der Waals surface area contributed by atoms with Gasteiger partial charge in [-0.1, -0.05) is 30.0 Å². The van der Waals surface area contributed by atoms with Crippen molar-refractivity contribution in [2.75, 3.05) is 21.2 Å². The second-order valence-electron chi connectivity index (χ2n) is 5.22. The quantitative estimate of drug-likeness (QED) is 0.474.